The summed E-state index contributed by atoms with van der Waals surface area (Å²) in [6.07, 6.45) is 0.622. The van der Waals surface area contributed by atoms with Crippen LogP contribution in [0.3, 0.4) is 0 Å². The first-order valence-corrected chi connectivity index (χ1v) is 8.24. The van der Waals surface area contributed by atoms with Gasteiger partial charge in [-0.15, -0.1) is 0 Å². The standard InChI is InChI=1S/C17H20ClN3O3/c1-11-15(20-21-7-4-8-24-17(11)21)16(22)19-10-14(23-2)12-5-3-6-13(18)9-12/h3,5-6,9,14H,4,7-8,10H2,1-2H3,(H,19,22). The topological polar surface area (TPSA) is 65.4 Å². The molecule has 0 saturated carbocycles. The number of amides is 1. The number of aryl methyl sites for hydroxylation is 1. The second-order valence-electron chi connectivity index (χ2n) is 5.69. The third kappa shape index (κ3) is 3.39. The minimum atomic E-state index is -0.276. The van der Waals surface area contributed by atoms with E-state index in [9.17, 15) is 4.79 Å². The van der Waals surface area contributed by atoms with E-state index < -0.39 is 0 Å². The summed E-state index contributed by atoms with van der Waals surface area (Å²) in [5.41, 5.74) is 2.08. The molecule has 6 nitrogen and oxygen atoms in total. The first-order valence-electron chi connectivity index (χ1n) is 7.87. The average molecular weight is 350 g/mol. The maximum Gasteiger partial charge on any atom is 0.272 e. The summed E-state index contributed by atoms with van der Waals surface area (Å²) in [6, 6.07) is 7.41. The number of benzene rings is 1. The first kappa shape index (κ1) is 16.8. The van der Waals surface area contributed by atoms with Gasteiger partial charge in [-0.2, -0.15) is 5.10 Å². The Morgan fingerprint density at radius 2 is 2.38 bits per heavy atom. The molecule has 0 spiro atoms. The molecule has 1 aliphatic heterocycles. The quantitative estimate of drug-likeness (QED) is 0.901. The van der Waals surface area contributed by atoms with E-state index in [0.29, 0.717) is 29.7 Å². The molecule has 0 radical (unpaired) electrons. The van der Waals surface area contributed by atoms with Gasteiger partial charge in [0.25, 0.3) is 5.91 Å². The molecule has 1 aliphatic rings. The van der Waals surface area contributed by atoms with Gasteiger partial charge in [0, 0.05) is 37.2 Å². The van der Waals surface area contributed by atoms with Crippen molar-refractivity contribution < 1.29 is 14.3 Å². The van der Waals surface area contributed by atoms with Gasteiger partial charge in [-0.3, -0.25) is 4.79 Å². The number of hydrogen-bond acceptors (Lipinski definition) is 4. The molecule has 0 bridgehead atoms. The fraction of sp³-hybridized carbons (Fsp3) is 0.412. The highest BCUT2D eigenvalue weighted by Crippen LogP contribution is 2.25. The third-order valence-electron chi connectivity index (χ3n) is 4.05. The minimum Gasteiger partial charge on any atom is -0.478 e. The van der Waals surface area contributed by atoms with Crippen LogP contribution >= 0.6 is 11.6 Å². The largest absolute Gasteiger partial charge is 0.478 e. The lowest BCUT2D eigenvalue weighted by Gasteiger charge is -2.16. The Labute approximate surface area is 145 Å². The van der Waals surface area contributed by atoms with E-state index in [1.165, 1.54) is 0 Å². The van der Waals surface area contributed by atoms with E-state index in [0.717, 1.165) is 24.1 Å². The molecule has 0 saturated heterocycles. The van der Waals surface area contributed by atoms with Crippen molar-refractivity contribution in [3.63, 3.8) is 0 Å². The van der Waals surface area contributed by atoms with Crippen LogP contribution in [-0.4, -0.2) is 35.9 Å². The van der Waals surface area contributed by atoms with E-state index in [2.05, 4.69) is 10.4 Å². The number of carbonyl (C=O) groups is 1. The Balaban J connectivity index is 1.69. The molecule has 0 aliphatic carbocycles. The molecule has 24 heavy (non-hydrogen) atoms. The van der Waals surface area contributed by atoms with Gasteiger partial charge < -0.3 is 14.8 Å². The molecule has 2 heterocycles. The monoisotopic (exact) mass is 349 g/mol. The predicted octanol–water partition coefficient (Wildman–Crippen LogP) is 2.74. The van der Waals surface area contributed by atoms with E-state index in [1.54, 1.807) is 17.9 Å². The molecule has 1 aromatic heterocycles. The summed E-state index contributed by atoms with van der Waals surface area (Å²) >= 11 is 6.01. The van der Waals surface area contributed by atoms with Gasteiger partial charge >= 0.3 is 0 Å². The highest BCUT2D eigenvalue weighted by molar-refractivity contribution is 6.30. The van der Waals surface area contributed by atoms with Crippen molar-refractivity contribution in [1.82, 2.24) is 15.1 Å². The predicted molar refractivity (Wildman–Crippen MR) is 90.6 cm³/mol. The summed E-state index contributed by atoms with van der Waals surface area (Å²) in [4.78, 5) is 12.5. The van der Waals surface area contributed by atoms with Crippen molar-refractivity contribution in [1.29, 1.82) is 0 Å². The second-order valence-corrected chi connectivity index (χ2v) is 6.13. The average Bonchev–Trinajstić information content (AvgIpc) is 2.93. The van der Waals surface area contributed by atoms with Crippen molar-refractivity contribution >= 4 is 17.5 Å². The van der Waals surface area contributed by atoms with Crippen LogP contribution in [0.15, 0.2) is 24.3 Å². The van der Waals surface area contributed by atoms with Crippen LogP contribution in [-0.2, 0) is 11.3 Å². The van der Waals surface area contributed by atoms with Crippen LogP contribution in [0, 0.1) is 6.92 Å². The molecule has 0 fully saturated rings. The van der Waals surface area contributed by atoms with Crippen LogP contribution in [0.4, 0.5) is 0 Å². The molecule has 7 heteroatoms. The summed E-state index contributed by atoms with van der Waals surface area (Å²) in [5, 5.41) is 7.87. The molecule has 128 valence electrons. The highest BCUT2D eigenvalue weighted by Gasteiger charge is 2.23. The van der Waals surface area contributed by atoms with Crippen molar-refractivity contribution in [2.75, 3.05) is 20.3 Å². The number of rotatable bonds is 5. The number of hydrogen-bond donors (Lipinski definition) is 1. The fourth-order valence-electron chi connectivity index (χ4n) is 2.78. The Hall–Kier alpha value is -2.05. The third-order valence-corrected chi connectivity index (χ3v) is 4.29. The molecule has 1 atom stereocenters. The highest BCUT2D eigenvalue weighted by atomic mass is 35.5. The summed E-state index contributed by atoms with van der Waals surface area (Å²) < 4.78 is 12.8. The number of carbonyl (C=O) groups excluding carboxylic acids is 1. The van der Waals surface area contributed by atoms with Gasteiger partial charge in [0.1, 0.15) is 0 Å². The molecule has 2 aromatic rings. The number of methoxy groups -OCH3 is 1. The van der Waals surface area contributed by atoms with Gasteiger partial charge in [0.15, 0.2) is 5.69 Å². The SMILES string of the molecule is COC(CNC(=O)c1nn2c(c1C)OCCC2)c1cccc(Cl)c1. The fourth-order valence-corrected chi connectivity index (χ4v) is 2.98. The van der Waals surface area contributed by atoms with E-state index in [4.69, 9.17) is 21.1 Å². The van der Waals surface area contributed by atoms with E-state index >= 15 is 0 Å². The van der Waals surface area contributed by atoms with Crippen molar-refractivity contribution in [3.8, 4) is 5.88 Å². The van der Waals surface area contributed by atoms with Gasteiger partial charge in [-0.05, 0) is 24.6 Å². The zero-order valence-electron chi connectivity index (χ0n) is 13.7. The molecule has 1 aromatic carbocycles. The van der Waals surface area contributed by atoms with Gasteiger partial charge in [-0.25, -0.2) is 4.68 Å². The number of ether oxygens (including phenoxy) is 2. The lowest BCUT2D eigenvalue weighted by molar-refractivity contribution is 0.0823. The summed E-state index contributed by atoms with van der Waals surface area (Å²) in [7, 11) is 1.60. The van der Waals surface area contributed by atoms with Gasteiger partial charge in [0.2, 0.25) is 5.88 Å². The Bertz CT molecular complexity index is 745. The zero-order chi connectivity index (χ0) is 17.1. The van der Waals surface area contributed by atoms with E-state index in [1.807, 2.05) is 25.1 Å². The molecular weight excluding hydrogens is 330 g/mol. The van der Waals surface area contributed by atoms with Crippen molar-refractivity contribution in [2.45, 2.75) is 26.0 Å². The molecule has 1 amide bonds. The van der Waals surface area contributed by atoms with Crippen LogP contribution in [0.1, 0.15) is 34.1 Å². The number of halogens is 1. The van der Waals surface area contributed by atoms with Crippen molar-refractivity contribution in [2.24, 2.45) is 0 Å². The maximum absolute atomic E-state index is 12.5. The lowest BCUT2D eigenvalue weighted by atomic mass is 10.1. The Morgan fingerprint density at radius 3 is 3.08 bits per heavy atom. The van der Waals surface area contributed by atoms with Crippen molar-refractivity contribution in [3.05, 3.63) is 46.1 Å². The summed E-state index contributed by atoms with van der Waals surface area (Å²) in [6.45, 7) is 3.61. The normalized spacial score (nSPS) is 14.6. The molecule has 1 N–H and O–H groups in total. The first-order chi connectivity index (χ1) is 11.6. The maximum atomic E-state index is 12.5. The molecule has 3 rings (SSSR count). The van der Waals surface area contributed by atoms with Gasteiger partial charge in [-0.1, -0.05) is 23.7 Å². The Morgan fingerprint density at radius 1 is 1.54 bits per heavy atom. The second kappa shape index (κ2) is 7.23. The Kier molecular flexibility index (Phi) is 5.06. The number of fused-ring (bicyclic) bond motifs is 1. The number of aromatic nitrogens is 2. The number of nitrogens with one attached hydrogen (secondary N) is 1. The summed E-state index contributed by atoms with van der Waals surface area (Å²) in [5.74, 6) is 0.451. The van der Waals surface area contributed by atoms with Gasteiger partial charge in [0.05, 0.1) is 12.7 Å². The molecule has 1 unspecified atom stereocenters. The minimum absolute atomic E-state index is 0.234. The van der Waals surface area contributed by atoms with Crippen LogP contribution < -0.4 is 10.1 Å². The lowest BCUT2D eigenvalue weighted by Crippen LogP contribution is -2.30. The van der Waals surface area contributed by atoms with Crippen LogP contribution in [0.5, 0.6) is 5.88 Å². The van der Waals surface area contributed by atoms with Crippen LogP contribution in [0.25, 0.3) is 0 Å². The van der Waals surface area contributed by atoms with E-state index in [-0.39, 0.29) is 12.0 Å². The molecular formula is C17H20ClN3O3. The smallest absolute Gasteiger partial charge is 0.272 e. The van der Waals surface area contributed by atoms with Crippen LogP contribution in [0.2, 0.25) is 5.02 Å². The zero-order valence-corrected chi connectivity index (χ0v) is 14.5. The number of nitrogens with zero attached hydrogens (tertiary/aromatic N) is 2.